The minimum atomic E-state index is -0.792. The quantitative estimate of drug-likeness (QED) is 0.281. The molecular formula is C26H21N3O3. The number of pyridine rings is 1. The van der Waals surface area contributed by atoms with E-state index in [0.717, 1.165) is 22.0 Å². The Morgan fingerprint density at radius 1 is 1.03 bits per heavy atom. The van der Waals surface area contributed by atoms with Crippen molar-refractivity contribution in [2.45, 2.75) is 19.9 Å². The molecular weight excluding hydrogens is 402 g/mol. The summed E-state index contributed by atoms with van der Waals surface area (Å²) < 4.78 is 0. The molecule has 0 saturated carbocycles. The van der Waals surface area contributed by atoms with E-state index in [9.17, 15) is 14.7 Å². The second kappa shape index (κ2) is 7.50. The molecule has 158 valence electrons. The second-order valence-electron chi connectivity index (χ2n) is 7.97. The highest BCUT2D eigenvalue weighted by atomic mass is 16.3. The van der Waals surface area contributed by atoms with E-state index in [1.54, 1.807) is 30.7 Å². The molecule has 0 spiro atoms. The average Bonchev–Trinajstić information content (AvgIpc) is 3.35. The van der Waals surface area contributed by atoms with E-state index in [4.69, 9.17) is 0 Å². The van der Waals surface area contributed by atoms with Crippen LogP contribution in [0.3, 0.4) is 0 Å². The third-order valence-corrected chi connectivity index (χ3v) is 6.06. The number of hydrogen-bond acceptors (Lipinski definition) is 4. The van der Waals surface area contributed by atoms with Gasteiger partial charge in [0.2, 0.25) is 0 Å². The highest BCUT2D eigenvalue weighted by Crippen LogP contribution is 2.43. The Labute approximate surface area is 184 Å². The van der Waals surface area contributed by atoms with Crippen LogP contribution in [-0.4, -0.2) is 26.8 Å². The number of ketones is 1. The smallest absolute Gasteiger partial charge is 0.300 e. The summed E-state index contributed by atoms with van der Waals surface area (Å²) in [6.07, 6.45) is 4.90. The van der Waals surface area contributed by atoms with E-state index in [2.05, 4.69) is 9.97 Å². The molecule has 2 N–H and O–H groups in total. The number of rotatable bonds is 3. The van der Waals surface area contributed by atoms with Crippen molar-refractivity contribution in [1.82, 2.24) is 9.97 Å². The normalized spacial score (nSPS) is 17.9. The summed E-state index contributed by atoms with van der Waals surface area (Å²) in [5, 5.41) is 12.1. The lowest BCUT2D eigenvalue weighted by Gasteiger charge is -2.25. The zero-order valence-corrected chi connectivity index (χ0v) is 17.7. The number of aryl methyl sites for hydroxylation is 2. The van der Waals surface area contributed by atoms with Crippen molar-refractivity contribution in [3.63, 3.8) is 0 Å². The largest absolute Gasteiger partial charge is 0.507 e. The van der Waals surface area contributed by atoms with Crippen molar-refractivity contribution in [1.29, 1.82) is 0 Å². The molecule has 32 heavy (non-hydrogen) atoms. The van der Waals surface area contributed by atoms with Crippen LogP contribution in [-0.2, 0) is 9.59 Å². The number of nitrogens with zero attached hydrogens (tertiary/aromatic N) is 2. The molecule has 1 aliphatic heterocycles. The summed E-state index contributed by atoms with van der Waals surface area (Å²) in [5.41, 5.74) is 4.69. The maximum Gasteiger partial charge on any atom is 0.300 e. The van der Waals surface area contributed by atoms with Gasteiger partial charge in [-0.15, -0.1) is 0 Å². The molecule has 5 rings (SSSR count). The number of amides is 1. The van der Waals surface area contributed by atoms with Crippen molar-refractivity contribution in [2.75, 3.05) is 4.90 Å². The molecule has 0 radical (unpaired) electrons. The predicted octanol–water partition coefficient (Wildman–Crippen LogP) is 4.81. The third-order valence-electron chi connectivity index (χ3n) is 6.06. The lowest BCUT2D eigenvalue weighted by Crippen LogP contribution is -2.29. The van der Waals surface area contributed by atoms with E-state index in [1.165, 1.54) is 4.90 Å². The fraction of sp³-hybridized carbons (Fsp3) is 0.115. The van der Waals surface area contributed by atoms with Gasteiger partial charge >= 0.3 is 0 Å². The highest BCUT2D eigenvalue weighted by Gasteiger charge is 2.47. The summed E-state index contributed by atoms with van der Waals surface area (Å²) in [6, 6.07) is 15.9. The Bertz CT molecular complexity index is 1400. The van der Waals surface area contributed by atoms with Crippen molar-refractivity contribution in [3.05, 3.63) is 101 Å². The van der Waals surface area contributed by atoms with Crippen LogP contribution >= 0.6 is 0 Å². The fourth-order valence-electron chi connectivity index (χ4n) is 4.24. The van der Waals surface area contributed by atoms with Gasteiger partial charge in [-0.25, -0.2) is 0 Å². The molecule has 1 amide bonds. The standard InChI is InChI=1S/C26H21N3O3/c1-15-9-10-18(12-16(15)2)29-23(17-6-5-11-27-13-17)22(25(31)26(29)32)24(30)20-14-28-21-8-4-3-7-19(20)21/h3-14,23,28,30H,1-2H3/b24-22-. The van der Waals surface area contributed by atoms with Crippen LogP contribution in [0.5, 0.6) is 0 Å². The van der Waals surface area contributed by atoms with Gasteiger partial charge in [-0.1, -0.05) is 30.3 Å². The van der Waals surface area contributed by atoms with Crippen LogP contribution in [0, 0.1) is 13.8 Å². The number of hydrogen-bond donors (Lipinski definition) is 2. The van der Waals surface area contributed by atoms with Crippen molar-refractivity contribution >= 4 is 34.0 Å². The highest BCUT2D eigenvalue weighted by molar-refractivity contribution is 6.51. The lowest BCUT2D eigenvalue weighted by molar-refractivity contribution is -0.132. The van der Waals surface area contributed by atoms with Gasteiger partial charge in [0.15, 0.2) is 0 Å². The van der Waals surface area contributed by atoms with E-state index in [-0.39, 0.29) is 11.3 Å². The van der Waals surface area contributed by atoms with Crippen LogP contribution in [0.2, 0.25) is 0 Å². The first-order valence-electron chi connectivity index (χ1n) is 10.3. The Morgan fingerprint density at radius 3 is 2.59 bits per heavy atom. The van der Waals surface area contributed by atoms with Gasteiger partial charge in [0.25, 0.3) is 11.7 Å². The molecule has 1 aliphatic rings. The van der Waals surface area contributed by atoms with Crippen molar-refractivity contribution < 1.29 is 14.7 Å². The molecule has 1 atom stereocenters. The first-order valence-corrected chi connectivity index (χ1v) is 10.3. The van der Waals surface area contributed by atoms with E-state index >= 15 is 0 Å². The van der Waals surface area contributed by atoms with Crippen molar-refractivity contribution in [2.24, 2.45) is 0 Å². The molecule has 6 nitrogen and oxygen atoms in total. The van der Waals surface area contributed by atoms with Gasteiger partial charge in [0.05, 0.1) is 11.6 Å². The molecule has 2 aromatic carbocycles. The minimum Gasteiger partial charge on any atom is -0.507 e. The summed E-state index contributed by atoms with van der Waals surface area (Å²) in [7, 11) is 0. The number of aliphatic hydroxyl groups is 1. The topological polar surface area (TPSA) is 86.3 Å². The molecule has 0 bridgehead atoms. The first kappa shape index (κ1) is 19.8. The number of benzene rings is 2. The van der Waals surface area contributed by atoms with Gasteiger partial charge < -0.3 is 10.1 Å². The Kier molecular flexibility index (Phi) is 4.63. The van der Waals surface area contributed by atoms with Crippen molar-refractivity contribution in [3.8, 4) is 0 Å². The number of aromatic amines is 1. The van der Waals surface area contributed by atoms with Crippen LogP contribution in [0.1, 0.15) is 28.3 Å². The number of H-pyrrole nitrogens is 1. The van der Waals surface area contributed by atoms with Gasteiger partial charge in [0, 0.05) is 40.7 Å². The number of carbonyl (C=O) groups is 2. The number of carbonyl (C=O) groups excluding carboxylic acids is 2. The summed E-state index contributed by atoms with van der Waals surface area (Å²) >= 11 is 0. The predicted molar refractivity (Wildman–Crippen MR) is 123 cm³/mol. The Hall–Kier alpha value is -4.19. The molecule has 3 heterocycles. The van der Waals surface area contributed by atoms with Gasteiger partial charge in [-0.3, -0.25) is 19.5 Å². The number of nitrogens with one attached hydrogen (secondary N) is 1. The molecule has 4 aromatic rings. The summed E-state index contributed by atoms with van der Waals surface area (Å²) in [4.78, 5) is 35.2. The number of anilines is 1. The molecule has 6 heteroatoms. The maximum atomic E-state index is 13.3. The van der Waals surface area contributed by atoms with Gasteiger partial charge in [-0.05, 0) is 54.8 Å². The number of para-hydroxylation sites is 1. The van der Waals surface area contributed by atoms with Crippen LogP contribution < -0.4 is 4.90 Å². The monoisotopic (exact) mass is 423 g/mol. The molecule has 1 unspecified atom stereocenters. The molecule has 1 fully saturated rings. The van der Waals surface area contributed by atoms with Gasteiger partial charge in [-0.2, -0.15) is 0 Å². The SMILES string of the molecule is Cc1ccc(N2C(=O)C(=O)/C(=C(\O)c3c[nH]c4ccccc34)C2c2cccnc2)cc1C. The Balaban J connectivity index is 1.76. The van der Waals surface area contributed by atoms with Crippen LogP contribution in [0.4, 0.5) is 5.69 Å². The van der Waals surface area contributed by atoms with E-state index in [0.29, 0.717) is 16.8 Å². The third kappa shape index (κ3) is 3.00. The fourth-order valence-corrected chi connectivity index (χ4v) is 4.24. The number of Topliss-reactive ketones (excluding diaryl/α,β-unsaturated/α-hetero) is 1. The Morgan fingerprint density at radius 2 is 1.84 bits per heavy atom. The van der Waals surface area contributed by atoms with Gasteiger partial charge in [0.1, 0.15) is 5.76 Å². The molecule has 1 saturated heterocycles. The zero-order valence-electron chi connectivity index (χ0n) is 17.7. The minimum absolute atomic E-state index is 0.0472. The maximum absolute atomic E-state index is 13.3. The first-order chi connectivity index (χ1) is 15.5. The second-order valence-corrected chi connectivity index (χ2v) is 7.97. The van der Waals surface area contributed by atoms with E-state index in [1.807, 2.05) is 56.3 Å². The zero-order chi connectivity index (χ0) is 22.4. The average molecular weight is 423 g/mol. The van der Waals surface area contributed by atoms with Crippen LogP contribution in [0.15, 0.2) is 78.8 Å². The number of fused-ring (bicyclic) bond motifs is 1. The van der Waals surface area contributed by atoms with E-state index < -0.39 is 17.7 Å². The summed E-state index contributed by atoms with van der Waals surface area (Å²) in [6.45, 7) is 3.95. The molecule has 0 aliphatic carbocycles. The number of aliphatic hydroxyl groups excluding tert-OH is 1. The lowest BCUT2D eigenvalue weighted by atomic mass is 9.96. The molecule has 2 aromatic heterocycles. The van der Waals surface area contributed by atoms with Crippen LogP contribution in [0.25, 0.3) is 16.7 Å². The number of aromatic nitrogens is 2. The summed E-state index contributed by atoms with van der Waals surface area (Å²) in [5.74, 6) is -1.61.